The highest BCUT2D eigenvalue weighted by atomic mass is 19.2. The zero-order valence-corrected chi connectivity index (χ0v) is 12.5. The van der Waals surface area contributed by atoms with E-state index >= 15 is 0 Å². The molecule has 0 saturated carbocycles. The van der Waals surface area contributed by atoms with Crippen LogP contribution in [-0.2, 0) is 9.53 Å². The zero-order chi connectivity index (χ0) is 16.7. The summed E-state index contributed by atoms with van der Waals surface area (Å²) in [6, 6.07) is 1.68. The van der Waals surface area contributed by atoms with E-state index in [2.05, 4.69) is 0 Å². The number of hydrogen-bond donors (Lipinski definition) is 0. The first-order valence-electron chi connectivity index (χ1n) is 6.76. The zero-order valence-electron chi connectivity index (χ0n) is 12.5. The number of carbonyl (C=O) groups excluding carboxylic acids is 2. The van der Waals surface area contributed by atoms with Gasteiger partial charge < -0.3 is 4.74 Å². The van der Waals surface area contributed by atoms with Crippen LogP contribution >= 0.6 is 0 Å². The minimum atomic E-state index is -1.56. The van der Waals surface area contributed by atoms with Gasteiger partial charge in [0.15, 0.2) is 17.5 Å². The van der Waals surface area contributed by atoms with Gasteiger partial charge >= 0.3 is 6.09 Å². The normalized spacial score (nSPS) is 18.7. The molecule has 1 aliphatic heterocycles. The Labute approximate surface area is 125 Å². The van der Waals surface area contributed by atoms with E-state index < -0.39 is 41.0 Å². The van der Waals surface area contributed by atoms with Crippen LogP contribution in [0.5, 0.6) is 0 Å². The molecule has 2 amide bonds. The molecule has 0 bridgehead atoms. The molecule has 2 rings (SSSR count). The van der Waals surface area contributed by atoms with Crippen molar-refractivity contribution in [1.82, 2.24) is 4.90 Å². The number of benzene rings is 1. The molecule has 0 aromatic heterocycles. The quantitative estimate of drug-likeness (QED) is 0.747. The molecule has 0 spiro atoms. The van der Waals surface area contributed by atoms with Gasteiger partial charge in [-0.1, -0.05) is 0 Å². The predicted molar refractivity (Wildman–Crippen MR) is 71.6 cm³/mol. The van der Waals surface area contributed by atoms with Crippen LogP contribution in [0.4, 0.5) is 18.0 Å². The maximum absolute atomic E-state index is 13.3. The molecular weight excluding hydrogens is 299 g/mol. The van der Waals surface area contributed by atoms with Gasteiger partial charge in [-0.3, -0.25) is 4.79 Å². The highest BCUT2D eigenvalue weighted by Gasteiger charge is 2.37. The lowest BCUT2D eigenvalue weighted by Crippen LogP contribution is -2.37. The van der Waals surface area contributed by atoms with Gasteiger partial charge in [0.05, 0.1) is 0 Å². The molecule has 22 heavy (non-hydrogen) atoms. The molecule has 1 aliphatic rings. The highest BCUT2D eigenvalue weighted by Crippen LogP contribution is 2.31. The largest absolute Gasteiger partial charge is 0.443 e. The van der Waals surface area contributed by atoms with Gasteiger partial charge in [0.25, 0.3) is 0 Å². The van der Waals surface area contributed by atoms with Crippen molar-refractivity contribution in [2.24, 2.45) is 0 Å². The van der Waals surface area contributed by atoms with Crippen molar-refractivity contribution < 1.29 is 27.5 Å². The first kappa shape index (κ1) is 16.3. The first-order chi connectivity index (χ1) is 10.1. The third-order valence-electron chi connectivity index (χ3n) is 3.22. The smallest absolute Gasteiger partial charge is 0.417 e. The van der Waals surface area contributed by atoms with E-state index in [1.807, 2.05) is 0 Å². The minimum Gasteiger partial charge on any atom is -0.443 e. The van der Waals surface area contributed by atoms with Crippen LogP contribution in [0, 0.1) is 17.5 Å². The second kappa shape index (κ2) is 5.62. The number of carbonyl (C=O) groups is 2. The number of likely N-dealkylation sites (tertiary alicyclic amines) is 1. The molecule has 1 saturated heterocycles. The van der Waals surface area contributed by atoms with Crippen molar-refractivity contribution in [3.05, 3.63) is 35.1 Å². The number of rotatable bonds is 1. The minimum absolute atomic E-state index is 0.0573. The average Bonchev–Trinajstić information content (AvgIpc) is 2.75. The summed E-state index contributed by atoms with van der Waals surface area (Å²) in [6.45, 7) is 4.92. The average molecular weight is 315 g/mol. The fraction of sp³-hybridized carbons (Fsp3) is 0.467. The van der Waals surface area contributed by atoms with Crippen molar-refractivity contribution in [1.29, 1.82) is 0 Å². The Balaban J connectivity index is 2.17. The van der Waals surface area contributed by atoms with E-state index in [0.29, 0.717) is 0 Å². The lowest BCUT2D eigenvalue weighted by atomic mass is 9.98. The predicted octanol–water partition coefficient (Wildman–Crippen LogP) is 3.35. The van der Waals surface area contributed by atoms with Crippen LogP contribution in [-0.4, -0.2) is 29.0 Å². The summed E-state index contributed by atoms with van der Waals surface area (Å²) >= 11 is 0. The van der Waals surface area contributed by atoms with E-state index in [0.717, 1.165) is 17.0 Å². The molecule has 1 fully saturated rings. The maximum Gasteiger partial charge on any atom is 0.417 e. The van der Waals surface area contributed by atoms with E-state index in [4.69, 9.17) is 4.74 Å². The van der Waals surface area contributed by atoms with E-state index in [9.17, 15) is 22.8 Å². The van der Waals surface area contributed by atoms with Crippen molar-refractivity contribution in [2.45, 2.75) is 38.7 Å². The van der Waals surface area contributed by atoms with Gasteiger partial charge in [0.2, 0.25) is 5.91 Å². The van der Waals surface area contributed by atoms with Gasteiger partial charge in [0.1, 0.15) is 5.60 Å². The molecule has 1 atom stereocenters. The Morgan fingerprint density at radius 1 is 1.23 bits per heavy atom. The van der Waals surface area contributed by atoms with Crippen LogP contribution in [0.2, 0.25) is 0 Å². The maximum atomic E-state index is 13.3. The highest BCUT2D eigenvalue weighted by molar-refractivity contribution is 5.94. The fourth-order valence-corrected chi connectivity index (χ4v) is 2.24. The summed E-state index contributed by atoms with van der Waals surface area (Å²) in [4.78, 5) is 24.7. The van der Waals surface area contributed by atoms with Crippen LogP contribution in [0.1, 0.15) is 38.7 Å². The van der Waals surface area contributed by atoms with Crippen molar-refractivity contribution in [3.8, 4) is 0 Å². The SMILES string of the molecule is CC(C)(C)OC(=O)N1C[C@@H](c2cc(F)c(F)c(F)c2)CC1=O. The molecule has 4 nitrogen and oxygen atoms in total. The Bertz CT molecular complexity index is 602. The third-order valence-corrected chi connectivity index (χ3v) is 3.22. The van der Waals surface area contributed by atoms with Gasteiger partial charge in [-0.2, -0.15) is 0 Å². The number of hydrogen-bond acceptors (Lipinski definition) is 3. The van der Waals surface area contributed by atoms with Crippen LogP contribution in [0.25, 0.3) is 0 Å². The van der Waals surface area contributed by atoms with Crippen LogP contribution in [0.3, 0.4) is 0 Å². The molecule has 1 aromatic carbocycles. The lowest BCUT2D eigenvalue weighted by molar-refractivity contribution is -0.126. The number of imide groups is 1. The Kier molecular flexibility index (Phi) is 4.17. The van der Waals surface area contributed by atoms with E-state index in [1.54, 1.807) is 20.8 Å². The second-order valence-corrected chi connectivity index (χ2v) is 6.18. The van der Waals surface area contributed by atoms with Crippen LogP contribution < -0.4 is 0 Å². The molecule has 0 N–H and O–H groups in total. The number of nitrogens with zero attached hydrogens (tertiary/aromatic N) is 1. The second-order valence-electron chi connectivity index (χ2n) is 6.18. The molecule has 0 unspecified atom stereocenters. The Morgan fingerprint density at radius 2 is 1.77 bits per heavy atom. The summed E-state index contributed by atoms with van der Waals surface area (Å²) in [6.07, 6.45) is -0.896. The Hall–Kier alpha value is -2.05. The van der Waals surface area contributed by atoms with E-state index in [-0.39, 0.29) is 18.5 Å². The summed E-state index contributed by atoms with van der Waals surface area (Å²) in [5.74, 6) is -5.29. The van der Waals surface area contributed by atoms with Crippen LogP contribution in [0.15, 0.2) is 12.1 Å². The topological polar surface area (TPSA) is 46.6 Å². The number of halogens is 3. The van der Waals surface area contributed by atoms with Gasteiger partial charge in [0, 0.05) is 18.9 Å². The third kappa shape index (κ3) is 3.40. The van der Waals surface area contributed by atoms with E-state index in [1.165, 1.54) is 0 Å². The molecular formula is C15H16F3NO3. The molecule has 0 aliphatic carbocycles. The summed E-state index contributed by atoms with van der Waals surface area (Å²) in [5.41, 5.74) is -0.625. The summed E-state index contributed by atoms with van der Waals surface area (Å²) < 4.78 is 44.6. The number of ether oxygens (including phenoxy) is 1. The van der Waals surface area contributed by atoms with Gasteiger partial charge in [-0.05, 0) is 38.5 Å². The molecule has 1 aromatic rings. The van der Waals surface area contributed by atoms with Gasteiger partial charge in [-0.25, -0.2) is 22.9 Å². The number of amides is 2. The standard InChI is InChI=1S/C15H16F3NO3/c1-15(2,3)22-14(21)19-7-9(6-12(19)20)8-4-10(16)13(18)11(17)5-8/h4-5,9H,6-7H2,1-3H3/t9-/m0/s1. The monoisotopic (exact) mass is 315 g/mol. The van der Waals surface area contributed by atoms with Crippen molar-refractivity contribution in [2.75, 3.05) is 6.54 Å². The summed E-state index contributed by atoms with van der Waals surface area (Å²) in [7, 11) is 0. The molecule has 1 heterocycles. The first-order valence-corrected chi connectivity index (χ1v) is 6.76. The summed E-state index contributed by atoms with van der Waals surface area (Å²) in [5, 5.41) is 0. The molecule has 120 valence electrons. The Morgan fingerprint density at radius 3 is 2.27 bits per heavy atom. The van der Waals surface area contributed by atoms with Crippen molar-refractivity contribution in [3.63, 3.8) is 0 Å². The lowest BCUT2D eigenvalue weighted by Gasteiger charge is -2.23. The van der Waals surface area contributed by atoms with Crippen molar-refractivity contribution >= 4 is 12.0 Å². The molecule has 0 radical (unpaired) electrons. The fourth-order valence-electron chi connectivity index (χ4n) is 2.24. The van der Waals surface area contributed by atoms with Gasteiger partial charge in [-0.15, -0.1) is 0 Å². The molecule has 7 heteroatoms.